The molecule has 1 saturated carbocycles. The smallest absolute Gasteiger partial charge is 0.308 e. The van der Waals surface area contributed by atoms with Crippen LogP contribution in [-0.2, 0) is 10.2 Å². The molecule has 0 bridgehead atoms. The Morgan fingerprint density at radius 2 is 1.45 bits per heavy atom. The van der Waals surface area contributed by atoms with Gasteiger partial charge in [0.2, 0.25) is 0 Å². The van der Waals surface area contributed by atoms with Crippen LogP contribution in [0.3, 0.4) is 0 Å². The molecular formula is C26H34O3. The third-order valence-corrected chi connectivity index (χ3v) is 5.83. The Labute approximate surface area is 175 Å². The molecule has 0 heterocycles. The zero-order valence-corrected chi connectivity index (χ0v) is 18.6. The molecule has 0 aromatic heterocycles. The molecule has 2 aromatic carbocycles. The van der Waals surface area contributed by atoms with Crippen molar-refractivity contribution in [2.24, 2.45) is 11.3 Å². The molecule has 0 amide bonds. The van der Waals surface area contributed by atoms with Crippen LogP contribution in [-0.4, -0.2) is 12.1 Å². The quantitative estimate of drug-likeness (QED) is 0.427. The van der Waals surface area contributed by atoms with E-state index in [2.05, 4.69) is 57.2 Å². The second-order valence-electron chi connectivity index (χ2n) is 9.75. The zero-order valence-electron chi connectivity index (χ0n) is 18.6. The standard InChI is InChI=1S/C26H34O3/c1-18(2)28-23-11-7-21(8-12-23)26(16-19(3)15-25(5,6)17-26)22-9-13-24(14-10-22)29-20(4)27/h7-14,18-19H,15-17H2,1-6H3. The molecule has 0 N–H and O–H groups in total. The van der Waals surface area contributed by atoms with Crippen LogP contribution in [0.1, 0.15) is 71.9 Å². The summed E-state index contributed by atoms with van der Waals surface area (Å²) in [5, 5.41) is 0. The topological polar surface area (TPSA) is 35.5 Å². The van der Waals surface area contributed by atoms with E-state index < -0.39 is 0 Å². The largest absolute Gasteiger partial charge is 0.491 e. The van der Waals surface area contributed by atoms with Gasteiger partial charge in [-0.2, -0.15) is 0 Å². The van der Waals surface area contributed by atoms with Gasteiger partial charge in [0.05, 0.1) is 6.10 Å². The maximum Gasteiger partial charge on any atom is 0.308 e. The van der Waals surface area contributed by atoms with E-state index >= 15 is 0 Å². The maximum absolute atomic E-state index is 11.3. The molecule has 156 valence electrons. The molecule has 1 fully saturated rings. The predicted octanol–water partition coefficient (Wildman–Crippen LogP) is 6.53. The van der Waals surface area contributed by atoms with Gasteiger partial charge in [0.1, 0.15) is 11.5 Å². The van der Waals surface area contributed by atoms with Gasteiger partial charge in [0, 0.05) is 12.3 Å². The Hall–Kier alpha value is -2.29. The molecule has 3 nitrogen and oxygen atoms in total. The van der Waals surface area contributed by atoms with Gasteiger partial charge in [-0.15, -0.1) is 0 Å². The molecule has 0 aliphatic heterocycles. The van der Waals surface area contributed by atoms with Crippen molar-refractivity contribution in [3.63, 3.8) is 0 Å². The van der Waals surface area contributed by atoms with Crippen molar-refractivity contribution in [1.82, 2.24) is 0 Å². The molecule has 3 heteroatoms. The molecule has 1 aliphatic carbocycles. The van der Waals surface area contributed by atoms with E-state index in [4.69, 9.17) is 9.47 Å². The number of esters is 1. The summed E-state index contributed by atoms with van der Waals surface area (Å²) < 4.78 is 11.1. The normalized spacial score (nSPS) is 23.6. The predicted molar refractivity (Wildman–Crippen MR) is 118 cm³/mol. The summed E-state index contributed by atoms with van der Waals surface area (Å²) in [5.41, 5.74) is 2.80. The first-order valence-corrected chi connectivity index (χ1v) is 10.7. The van der Waals surface area contributed by atoms with Gasteiger partial charge in [-0.25, -0.2) is 0 Å². The molecule has 0 spiro atoms. The molecule has 29 heavy (non-hydrogen) atoms. The molecule has 2 atom stereocenters. The van der Waals surface area contributed by atoms with Crippen molar-refractivity contribution in [2.45, 2.75) is 72.3 Å². The van der Waals surface area contributed by atoms with Crippen molar-refractivity contribution >= 4 is 5.97 Å². The summed E-state index contributed by atoms with van der Waals surface area (Å²) in [7, 11) is 0. The average Bonchev–Trinajstić information content (AvgIpc) is 2.60. The van der Waals surface area contributed by atoms with Crippen LogP contribution in [0.2, 0.25) is 0 Å². The van der Waals surface area contributed by atoms with Crippen LogP contribution in [0, 0.1) is 11.3 Å². The van der Waals surface area contributed by atoms with Crippen LogP contribution in [0.5, 0.6) is 11.5 Å². The van der Waals surface area contributed by atoms with E-state index in [-0.39, 0.29) is 22.9 Å². The zero-order chi connectivity index (χ0) is 21.2. The van der Waals surface area contributed by atoms with Crippen LogP contribution >= 0.6 is 0 Å². The fourth-order valence-corrected chi connectivity index (χ4v) is 5.31. The molecule has 2 aromatic rings. The number of carbonyl (C=O) groups is 1. The first kappa shape index (κ1) is 21.4. The Morgan fingerprint density at radius 3 is 1.90 bits per heavy atom. The Kier molecular flexibility index (Phi) is 6.07. The van der Waals surface area contributed by atoms with Crippen LogP contribution in [0.4, 0.5) is 0 Å². The highest BCUT2D eigenvalue weighted by molar-refractivity contribution is 5.69. The third kappa shape index (κ3) is 5.01. The van der Waals surface area contributed by atoms with Crippen molar-refractivity contribution in [3.05, 3.63) is 59.7 Å². The third-order valence-electron chi connectivity index (χ3n) is 5.83. The lowest BCUT2D eigenvalue weighted by Gasteiger charge is -2.48. The first-order chi connectivity index (χ1) is 13.6. The van der Waals surface area contributed by atoms with E-state index in [1.807, 2.05) is 26.0 Å². The molecule has 2 unspecified atom stereocenters. The van der Waals surface area contributed by atoms with Crippen molar-refractivity contribution in [3.8, 4) is 11.5 Å². The number of carbonyl (C=O) groups excluding carboxylic acids is 1. The SMILES string of the molecule is CC(=O)Oc1ccc(C2(c3ccc(OC(C)C)cc3)CC(C)CC(C)(C)C2)cc1. The number of hydrogen-bond donors (Lipinski definition) is 0. The van der Waals surface area contributed by atoms with E-state index in [9.17, 15) is 4.79 Å². The summed E-state index contributed by atoms with van der Waals surface area (Å²) >= 11 is 0. The minimum Gasteiger partial charge on any atom is -0.491 e. The van der Waals surface area contributed by atoms with Gasteiger partial charge >= 0.3 is 5.97 Å². The summed E-state index contributed by atoms with van der Waals surface area (Å²) in [6.45, 7) is 12.6. The highest BCUT2D eigenvalue weighted by Gasteiger charge is 2.45. The fraction of sp³-hybridized carbons (Fsp3) is 0.500. The second-order valence-corrected chi connectivity index (χ2v) is 9.75. The summed E-state index contributed by atoms with van der Waals surface area (Å²) in [4.78, 5) is 11.3. The molecule has 0 radical (unpaired) electrons. The number of hydrogen-bond acceptors (Lipinski definition) is 3. The van der Waals surface area contributed by atoms with Gasteiger partial charge < -0.3 is 9.47 Å². The first-order valence-electron chi connectivity index (χ1n) is 10.7. The number of ether oxygens (including phenoxy) is 2. The summed E-state index contributed by atoms with van der Waals surface area (Å²) in [5.74, 6) is 1.84. The van der Waals surface area contributed by atoms with Crippen molar-refractivity contribution in [2.75, 3.05) is 0 Å². The second kappa shape index (κ2) is 8.22. The number of rotatable bonds is 5. The molecule has 0 saturated heterocycles. The lowest BCUT2D eigenvalue weighted by molar-refractivity contribution is -0.131. The monoisotopic (exact) mass is 394 g/mol. The highest BCUT2D eigenvalue weighted by Crippen LogP contribution is 2.53. The van der Waals surface area contributed by atoms with Crippen molar-refractivity contribution < 1.29 is 14.3 Å². The van der Waals surface area contributed by atoms with Crippen molar-refractivity contribution in [1.29, 1.82) is 0 Å². The van der Waals surface area contributed by atoms with Gasteiger partial charge in [-0.3, -0.25) is 4.79 Å². The lowest BCUT2D eigenvalue weighted by atomic mass is 9.55. The molecule has 3 rings (SSSR count). The van der Waals surface area contributed by atoms with E-state index in [1.165, 1.54) is 24.5 Å². The van der Waals surface area contributed by atoms with Gasteiger partial charge in [-0.1, -0.05) is 45.0 Å². The number of benzene rings is 2. The van der Waals surface area contributed by atoms with E-state index in [1.54, 1.807) is 0 Å². The molecule has 1 aliphatic rings. The van der Waals surface area contributed by atoms with Gasteiger partial charge in [0.15, 0.2) is 0 Å². The Bertz CT molecular complexity index is 833. The minimum atomic E-state index is -0.291. The van der Waals surface area contributed by atoms with E-state index in [0.717, 1.165) is 18.6 Å². The van der Waals surface area contributed by atoms with Crippen LogP contribution in [0.15, 0.2) is 48.5 Å². The van der Waals surface area contributed by atoms with E-state index in [0.29, 0.717) is 11.7 Å². The summed E-state index contributed by atoms with van der Waals surface area (Å²) in [6.07, 6.45) is 3.58. The minimum absolute atomic E-state index is 0.0632. The Morgan fingerprint density at radius 1 is 0.931 bits per heavy atom. The average molecular weight is 395 g/mol. The summed E-state index contributed by atoms with van der Waals surface area (Å²) in [6, 6.07) is 16.7. The highest BCUT2D eigenvalue weighted by atomic mass is 16.5. The Balaban J connectivity index is 2.04. The van der Waals surface area contributed by atoms with Gasteiger partial charge in [0.25, 0.3) is 0 Å². The lowest BCUT2D eigenvalue weighted by Crippen LogP contribution is -2.41. The van der Waals surface area contributed by atoms with Crippen LogP contribution in [0.25, 0.3) is 0 Å². The van der Waals surface area contributed by atoms with Crippen LogP contribution < -0.4 is 9.47 Å². The van der Waals surface area contributed by atoms with Gasteiger partial charge in [-0.05, 0) is 79.8 Å². The maximum atomic E-state index is 11.3. The fourth-order valence-electron chi connectivity index (χ4n) is 5.31. The molecular weight excluding hydrogens is 360 g/mol.